The highest BCUT2D eigenvalue weighted by atomic mass is 16.5. The molecule has 2 aliphatic heterocycles. The van der Waals surface area contributed by atoms with E-state index in [9.17, 15) is 4.79 Å². The normalized spacial score (nSPS) is 18.7. The van der Waals surface area contributed by atoms with Crippen molar-refractivity contribution < 1.29 is 18.7 Å². The molecule has 3 heterocycles. The van der Waals surface area contributed by atoms with E-state index >= 15 is 0 Å². The first-order valence-corrected chi connectivity index (χ1v) is 11.4. The van der Waals surface area contributed by atoms with E-state index in [-0.39, 0.29) is 5.91 Å². The Kier molecular flexibility index (Phi) is 7.32. The molecule has 1 aromatic heterocycles. The average molecular weight is 443 g/mol. The fourth-order valence-corrected chi connectivity index (χ4v) is 4.40. The van der Waals surface area contributed by atoms with E-state index in [1.165, 1.54) is 6.26 Å². The molecule has 0 unspecified atom stereocenters. The van der Waals surface area contributed by atoms with Gasteiger partial charge in [0.1, 0.15) is 17.8 Å². The second-order valence-corrected chi connectivity index (χ2v) is 8.83. The van der Waals surface area contributed by atoms with Crippen LogP contribution < -0.4 is 9.47 Å². The van der Waals surface area contributed by atoms with Crippen molar-refractivity contribution in [2.45, 2.75) is 32.9 Å². The minimum Gasteiger partial charge on any atom is -0.497 e. The molecule has 0 atom stereocenters. The first-order chi connectivity index (χ1) is 15.6. The maximum atomic E-state index is 12.7. The Morgan fingerprint density at radius 3 is 2.38 bits per heavy atom. The molecule has 2 aliphatic rings. The Bertz CT molecular complexity index is 899. The van der Waals surface area contributed by atoms with Gasteiger partial charge in [0.05, 0.1) is 20.8 Å². The maximum absolute atomic E-state index is 12.7. The SMILES string of the molecule is COc1ccc(OC)c(CN2CCN(Cc3nc(C(=O)N4CCC(C)CC4)co3)CC2)c1. The molecule has 2 saturated heterocycles. The Hall–Kier alpha value is -2.58. The number of aromatic nitrogens is 1. The van der Waals surface area contributed by atoms with Crippen LogP contribution in [0.3, 0.4) is 0 Å². The first kappa shape index (κ1) is 22.6. The third-order valence-electron chi connectivity index (χ3n) is 6.55. The zero-order chi connectivity index (χ0) is 22.5. The van der Waals surface area contributed by atoms with Crippen molar-refractivity contribution in [1.29, 1.82) is 0 Å². The summed E-state index contributed by atoms with van der Waals surface area (Å²) in [4.78, 5) is 23.8. The van der Waals surface area contributed by atoms with Crippen molar-refractivity contribution in [1.82, 2.24) is 19.7 Å². The predicted octanol–water partition coefficient (Wildman–Crippen LogP) is 2.88. The number of hydrogen-bond donors (Lipinski definition) is 0. The zero-order valence-electron chi connectivity index (χ0n) is 19.4. The number of piperidine rings is 1. The summed E-state index contributed by atoms with van der Waals surface area (Å²) in [6, 6.07) is 5.91. The second kappa shape index (κ2) is 10.4. The molecular weight excluding hydrogens is 408 g/mol. The third-order valence-corrected chi connectivity index (χ3v) is 6.55. The lowest BCUT2D eigenvalue weighted by atomic mass is 9.99. The van der Waals surface area contributed by atoms with E-state index in [0.717, 1.165) is 75.7 Å². The largest absolute Gasteiger partial charge is 0.497 e. The summed E-state index contributed by atoms with van der Waals surface area (Å²) < 4.78 is 16.5. The van der Waals surface area contributed by atoms with Crippen molar-refractivity contribution >= 4 is 5.91 Å². The molecule has 2 aromatic rings. The lowest BCUT2D eigenvalue weighted by Crippen LogP contribution is -2.45. The number of nitrogens with zero attached hydrogens (tertiary/aromatic N) is 4. The number of amides is 1. The van der Waals surface area contributed by atoms with Crippen LogP contribution in [0, 0.1) is 5.92 Å². The van der Waals surface area contributed by atoms with E-state index in [2.05, 4.69) is 21.7 Å². The summed E-state index contributed by atoms with van der Waals surface area (Å²) in [5, 5.41) is 0. The molecule has 4 rings (SSSR count). The van der Waals surface area contributed by atoms with E-state index in [1.54, 1.807) is 14.2 Å². The van der Waals surface area contributed by atoms with Crippen LogP contribution in [0.25, 0.3) is 0 Å². The summed E-state index contributed by atoms with van der Waals surface area (Å²) in [5.74, 6) is 3.02. The number of oxazole rings is 1. The number of hydrogen-bond acceptors (Lipinski definition) is 7. The third kappa shape index (κ3) is 5.42. The van der Waals surface area contributed by atoms with Gasteiger partial charge in [-0.15, -0.1) is 0 Å². The number of ether oxygens (including phenoxy) is 2. The summed E-state index contributed by atoms with van der Waals surface area (Å²) in [5.41, 5.74) is 1.56. The monoisotopic (exact) mass is 442 g/mol. The minimum atomic E-state index is -0.0102. The van der Waals surface area contributed by atoms with Crippen LogP contribution in [-0.2, 0) is 13.1 Å². The molecule has 8 heteroatoms. The van der Waals surface area contributed by atoms with E-state index in [0.29, 0.717) is 24.0 Å². The number of carbonyl (C=O) groups excluding carboxylic acids is 1. The Morgan fingerprint density at radius 1 is 1.03 bits per heavy atom. The number of rotatable bonds is 7. The molecule has 174 valence electrons. The van der Waals surface area contributed by atoms with Crippen molar-refractivity contribution in [2.75, 3.05) is 53.5 Å². The number of benzene rings is 1. The highest BCUT2D eigenvalue weighted by molar-refractivity contribution is 5.92. The number of carbonyl (C=O) groups is 1. The van der Waals surface area contributed by atoms with Crippen molar-refractivity contribution in [3.8, 4) is 11.5 Å². The van der Waals surface area contributed by atoms with Gasteiger partial charge in [-0.1, -0.05) is 6.92 Å². The Balaban J connectivity index is 1.27. The molecule has 0 aliphatic carbocycles. The molecule has 1 amide bonds. The lowest BCUT2D eigenvalue weighted by molar-refractivity contribution is 0.0691. The molecule has 0 saturated carbocycles. The van der Waals surface area contributed by atoms with Crippen LogP contribution >= 0.6 is 0 Å². The highest BCUT2D eigenvalue weighted by Gasteiger charge is 2.25. The van der Waals surface area contributed by atoms with Crippen LogP contribution in [0.2, 0.25) is 0 Å². The molecule has 1 aromatic carbocycles. The first-order valence-electron chi connectivity index (χ1n) is 11.4. The van der Waals surface area contributed by atoms with Crippen molar-refractivity contribution in [2.24, 2.45) is 5.92 Å². The predicted molar refractivity (Wildman–Crippen MR) is 121 cm³/mol. The molecule has 8 nitrogen and oxygen atoms in total. The van der Waals surface area contributed by atoms with Crippen LogP contribution in [0.15, 0.2) is 28.9 Å². The van der Waals surface area contributed by atoms with Crippen LogP contribution in [-0.4, -0.2) is 79.1 Å². The Morgan fingerprint density at radius 2 is 1.72 bits per heavy atom. The molecule has 2 fully saturated rings. The van der Waals surface area contributed by atoms with Gasteiger partial charge in [0.25, 0.3) is 5.91 Å². The van der Waals surface area contributed by atoms with Gasteiger partial charge in [-0.25, -0.2) is 4.98 Å². The second-order valence-electron chi connectivity index (χ2n) is 8.83. The molecule has 32 heavy (non-hydrogen) atoms. The topological polar surface area (TPSA) is 71.3 Å². The number of likely N-dealkylation sites (tertiary alicyclic amines) is 1. The fourth-order valence-electron chi connectivity index (χ4n) is 4.40. The summed E-state index contributed by atoms with van der Waals surface area (Å²) in [7, 11) is 3.38. The Labute approximate surface area is 190 Å². The fraction of sp³-hybridized carbons (Fsp3) is 0.583. The molecule has 0 bridgehead atoms. The highest BCUT2D eigenvalue weighted by Crippen LogP contribution is 2.26. The van der Waals surface area contributed by atoms with Crippen molar-refractivity contribution in [3.05, 3.63) is 41.6 Å². The average Bonchev–Trinajstić information content (AvgIpc) is 3.29. The molecule has 0 N–H and O–H groups in total. The van der Waals surface area contributed by atoms with Gasteiger partial charge in [-0.05, 0) is 37.0 Å². The van der Waals surface area contributed by atoms with Gasteiger partial charge in [-0.2, -0.15) is 0 Å². The summed E-state index contributed by atoms with van der Waals surface area (Å²) in [6.07, 6.45) is 3.63. The molecule has 0 spiro atoms. The standard InChI is InChI=1S/C24H34N4O4/c1-18-6-8-28(9-7-18)24(29)21-17-32-23(25-21)16-27-12-10-26(11-13-27)15-19-14-20(30-2)4-5-22(19)31-3/h4-5,14,17-18H,6-13,15-16H2,1-3H3. The summed E-state index contributed by atoms with van der Waals surface area (Å²) in [6.45, 7) is 9.02. The van der Waals surface area contributed by atoms with Gasteiger partial charge < -0.3 is 18.8 Å². The zero-order valence-corrected chi connectivity index (χ0v) is 19.4. The van der Waals surface area contributed by atoms with E-state index < -0.39 is 0 Å². The minimum absolute atomic E-state index is 0.0102. The van der Waals surface area contributed by atoms with Crippen LogP contribution in [0.1, 0.15) is 41.7 Å². The quantitative estimate of drug-likeness (QED) is 0.653. The maximum Gasteiger partial charge on any atom is 0.275 e. The molecule has 0 radical (unpaired) electrons. The smallest absolute Gasteiger partial charge is 0.275 e. The lowest BCUT2D eigenvalue weighted by Gasteiger charge is -2.34. The molecular formula is C24H34N4O4. The van der Waals surface area contributed by atoms with Crippen LogP contribution in [0.4, 0.5) is 0 Å². The van der Waals surface area contributed by atoms with Gasteiger partial charge in [0, 0.05) is 51.4 Å². The van der Waals surface area contributed by atoms with E-state index in [4.69, 9.17) is 13.9 Å². The van der Waals surface area contributed by atoms with Crippen LogP contribution in [0.5, 0.6) is 11.5 Å². The van der Waals surface area contributed by atoms with Gasteiger partial charge in [-0.3, -0.25) is 14.6 Å². The van der Waals surface area contributed by atoms with Gasteiger partial charge >= 0.3 is 0 Å². The number of methoxy groups -OCH3 is 2. The summed E-state index contributed by atoms with van der Waals surface area (Å²) >= 11 is 0. The number of piperazine rings is 1. The van der Waals surface area contributed by atoms with E-state index in [1.807, 2.05) is 23.1 Å². The van der Waals surface area contributed by atoms with Gasteiger partial charge in [0.2, 0.25) is 5.89 Å². The van der Waals surface area contributed by atoms with Gasteiger partial charge in [0.15, 0.2) is 5.69 Å². The van der Waals surface area contributed by atoms with Crippen molar-refractivity contribution in [3.63, 3.8) is 0 Å².